The smallest absolute Gasteiger partial charge is 0.150 e. The third-order valence-electron chi connectivity index (χ3n) is 4.44. The summed E-state index contributed by atoms with van der Waals surface area (Å²) in [6.45, 7) is 2.99. The number of nitrogens with zero attached hydrogens (tertiary/aromatic N) is 3. The van der Waals surface area contributed by atoms with Crippen LogP contribution in [0.4, 0.5) is 17.3 Å². The zero-order chi connectivity index (χ0) is 18.5. The quantitative estimate of drug-likeness (QED) is 0.702. The first kappa shape index (κ1) is 17.2. The molecule has 3 heterocycles. The number of hydrogen-bond donors (Lipinski definition) is 1. The highest BCUT2D eigenvalue weighted by atomic mass is 16.5. The Labute approximate surface area is 157 Å². The summed E-state index contributed by atoms with van der Waals surface area (Å²) in [6, 6.07) is 15.5. The molecule has 1 aliphatic heterocycles. The summed E-state index contributed by atoms with van der Waals surface area (Å²) in [4.78, 5) is 22.3. The van der Waals surface area contributed by atoms with Crippen molar-refractivity contribution in [1.29, 1.82) is 0 Å². The minimum absolute atomic E-state index is 0.652. The van der Waals surface area contributed by atoms with Gasteiger partial charge in [0, 0.05) is 24.8 Å². The Balaban J connectivity index is 1.74. The van der Waals surface area contributed by atoms with Gasteiger partial charge < -0.3 is 15.0 Å². The standard InChI is InChI=1S/C21H20N4O2/c26-15-16-3-1-4-17(11-16)18-12-20(23-19-5-2-6-22-14-19)24-21(13-18)25-7-9-27-10-8-25/h1-6,11-15H,7-10H2,(H,23,24). The number of ether oxygens (including phenoxy) is 1. The minimum Gasteiger partial charge on any atom is -0.378 e. The van der Waals surface area contributed by atoms with Gasteiger partial charge in [0.1, 0.15) is 17.9 Å². The Morgan fingerprint density at radius 1 is 1.04 bits per heavy atom. The lowest BCUT2D eigenvalue weighted by Gasteiger charge is -2.28. The second kappa shape index (κ2) is 7.97. The third kappa shape index (κ3) is 4.12. The van der Waals surface area contributed by atoms with Crippen molar-refractivity contribution in [3.05, 3.63) is 66.5 Å². The molecule has 1 aliphatic rings. The molecule has 0 aliphatic carbocycles. The Bertz CT molecular complexity index is 924. The number of hydrogen-bond acceptors (Lipinski definition) is 6. The van der Waals surface area contributed by atoms with Gasteiger partial charge in [-0.25, -0.2) is 4.98 Å². The van der Waals surface area contributed by atoms with Gasteiger partial charge in [-0.15, -0.1) is 0 Å². The van der Waals surface area contributed by atoms with Crippen molar-refractivity contribution in [3.63, 3.8) is 0 Å². The molecular weight excluding hydrogens is 340 g/mol. The Morgan fingerprint density at radius 3 is 2.70 bits per heavy atom. The maximum atomic E-state index is 11.2. The molecule has 1 fully saturated rings. The molecule has 3 aromatic rings. The Morgan fingerprint density at radius 2 is 1.93 bits per heavy atom. The van der Waals surface area contributed by atoms with Gasteiger partial charge in [-0.05, 0) is 41.5 Å². The molecule has 0 spiro atoms. The van der Waals surface area contributed by atoms with Crippen LogP contribution in [0.3, 0.4) is 0 Å². The van der Waals surface area contributed by atoms with Crippen LogP contribution in [0.1, 0.15) is 10.4 Å². The van der Waals surface area contributed by atoms with Crippen molar-refractivity contribution in [2.75, 3.05) is 36.5 Å². The third-order valence-corrected chi connectivity index (χ3v) is 4.44. The lowest BCUT2D eigenvalue weighted by atomic mass is 10.0. The first-order chi connectivity index (χ1) is 13.3. The Hall–Kier alpha value is -3.25. The van der Waals surface area contributed by atoms with Crippen molar-refractivity contribution in [3.8, 4) is 11.1 Å². The van der Waals surface area contributed by atoms with Crippen molar-refractivity contribution in [2.45, 2.75) is 0 Å². The van der Waals surface area contributed by atoms with Crippen LogP contribution in [0.25, 0.3) is 11.1 Å². The fourth-order valence-electron chi connectivity index (χ4n) is 3.08. The van der Waals surface area contributed by atoms with Gasteiger partial charge in [0.05, 0.1) is 25.1 Å². The van der Waals surface area contributed by atoms with Gasteiger partial charge in [-0.3, -0.25) is 9.78 Å². The molecule has 0 saturated carbocycles. The fraction of sp³-hybridized carbons (Fsp3) is 0.190. The lowest BCUT2D eigenvalue weighted by Crippen LogP contribution is -2.36. The van der Waals surface area contributed by atoms with Crippen LogP contribution in [-0.2, 0) is 4.74 Å². The topological polar surface area (TPSA) is 67.4 Å². The highest BCUT2D eigenvalue weighted by Gasteiger charge is 2.15. The average Bonchev–Trinajstić information content (AvgIpc) is 2.75. The first-order valence-corrected chi connectivity index (χ1v) is 8.89. The molecule has 0 atom stereocenters. The molecule has 0 amide bonds. The molecule has 0 radical (unpaired) electrons. The molecule has 0 bridgehead atoms. The Kier molecular flexibility index (Phi) is 5.07. The molecule has 0 unspecified atom stereocenters. The van der Waals surface area contributed by atoms with Gasteiger partial charge in [-0.1, -0.05) is 18.2 Å². The van der Waals surface area contributed by atoms with Crippen LogP contribution in [0.15, 0.2) is 60.9 Å². The predicted molar refractivity (Wildman–Crippen MR) is 106 cm³/mol. The van der Waals surface area contributed by atoms with Gasteiger partial charge in [0.2, 0.25) is 0 Å². The van der Waals surface area contributed by atoms with E-state index in [2.05, 4.69) is 21.3 Å². The van der Waals surface area contributed by atoms with E-state index in [1.165, 1.54) is 0 Å². The molecule has 2 aromatic heterocycles. The van der Waals surface area contributed by atoms with Crippen molar-refractivity contribution >= 4 is 23.6 Å². The number of pyridine rings is 2. The number of anilines is 3. The minimum atomic E-state index is 0.652. The summed E-state index contributed by atoms with van der Waals surface area (Å²) in [6.07, 6.45) is 4.36. The van der Waals surface area contributed by atoms with E-state index in [0.29, 0.717) is 18.8 Å². The zero-order valence-corrected chi connectivity index (χ0v) is 14.8. The number of rotatable bonds is 5. The lowest BCUT2D eigenvalue weighted by molar-refractivity contribution is 0.112. The van der Waals surface area contributed by atoms with Crippen LogP contribution in [0, 0.1) is 0 Å². The zero-order valence-electron chi connectivity index (χ0n) is 14.8. The second-order valence-electron chi connectivity index (χ2n) is 6.31. The number of morpholine rings is 1. The van der Waals surface area contributed by atoms with Gasteiger partial charge in [0.25, 0.3) is 0 Å². The van der Waals surface area contributed by atoms with E-state index in [0.717, 1.165) is 47.8 Å². The number of aldehydes is 1. The molecule has 6 nitrogen and oxygen atoms in total. The maximum Gasteiger partial charge on any atom is 0.150 e. The summed E-state index contributed by atoms with van der Waals surface area (Å²) in [5.41, 5.74) is 3.50. The van der Waals surface area contributed by atoms with E-state index in [-0.39, 0.29) is 0 Å². The fourth-order valence-corrected chi connectivity index (χ4v) is 3.08. The number of carbonyl (C=O) groups excluding carboxylic acids is 1. The SMILES string of the molecule is O=Cc1cccc(-c2cc(Nc3cccnc3)nc(N3CCOCC3)c2)c1. The molecule has 1 aromatic carbocycles. The molecule has 27 heavy (non-hydrogen) atoms. The highest BCUT2D eigenvalue weighted by Crippen LogP contribution is 2.29. The van der Waals surface area contributed by atoms with Gasteiger partial charge >= 0.3 is 0 Å². The van der Waals surface area contributed by atoms with Crippen LogP contribution >= 0.6 is 0 Å². The number of carbonyl (C=O) groups is 1. The normalized spacial score (nSPS) is 14.0. The molecule has 4 rings (SSSR count). The average molecular weight is 360 g/mol. The van der Waals surface area contributed by atoms with E-state index in [1.807, 2.05) is 36.4 Å². The maximum absolute atomic E-state index is 11.2. The van der Waals surface area contributed by atoms with E-state index < -0.39 is 0 Å². The molecule has 136 valence electrons. The van der Waals surface area contributed by atoms with E-state index in [1.54, 1.807) is 18.5 Å². The molecule has 1 N–H and O–H groups in total. The van der Waals surface area contributed by atoms with Gasteiger partial charge in [0.15, 0.2) is 0 Å². The molecular formula is C21H20N4O2. The van der Waals surface area contributed by atoms with E-state index in [9.17, 15) is 4.79 Å². The van der Waals surface area contributed by atoms with Crippen LogP contribution < -0.4 is 10.2 Å². The van der Waals surface area contributed by atoms with Crippen molar-refractivity contribution in [1.82, 2.24) is 9.97 Å². The summed E-state index contributed by atoms with van der Waals surface area (Å²) < 4.78 is 5.46. The summed E-state index contributed by atoms with van der Waals surface area (Å²) in [7, 11) is 0. The summed E-state index contributed by atoms with van der Waals surface area (Å²) >= 11 is 0. The van der Waals surface area contributed by atoms with Crippen molar-refractivity contribution < 1.29 is 9.53 Å². The molecule has 1 saturated heterocycles. The van der Waals surface area contributed by atoms with Crippen molar-refractivity contribution in [2.24, 2.45) is 0 Å². The van der Waals surface area contributed by atoms with E-state index in [4.69, 9.17) is 9.72 Å². The predicted octanol–water partition coefficient (Wildman–Crippen LogP) is 3.54. The summed E-state index contributed by atoms with van der Waals surface area (Å²) in [5, 5.41) is 3.32. The second-order valence-corrected chi connectivity index (χ2v) is 6.31. The largest absolute Gasteiger partial charge is 0.378 e. The number of aromatic nitrogens is 2. The molecule has 6 heteroatoms. The first-order valence-electron chi connectivity index (χ1n) is 8.89. The number of nitrogens with one attached hydrogen (secondary N) is 1. The highest BCUT2D eigenvalue weighted by molar-refractivity contribution is 5.80. The number of benzene rings is 1. The van der Waals surface area contributed by atoms with E-state index >= 15 is 0 Å². The van der Waals surface area contributed by atoms with Crippen LogP contribution in [-0.4, -0.2) is 42.6 Å². The van der Waals surface area contributed by atoms with Gasteiger partial charge in [-0.2, -0.15) is 0 Å². The monoisotopic (exact) mass is 360 g/mol. The van der Waals surface area contributed by atoms with Crippen LogP contribution in [0.2, 0.25) is 0 Å². The van der Waals surface area contributed by atoms with Crippen LogP contribution in [0.5, 0.6) is 0 Å². The summed E-state index contributed by atoms with van der Waals surface area (Å²) in [5.74, 6) is 1.62.